The van der Waals surface area contributed by atoms with E-state index in [1.54, 1.807) is 12.1 Å². The Kier molecular flexibility index (Phi) is 5.52. The third-order valence-corrected chi connectivity index (χ3v) is 5.30. The third kappa shape index (κ3) is 4.11. The SMILES string of the molecule is CCNC(CS(=O)c1ccc(F)cc1)C1CCCC1. The summed E-state index contributed by atoms with van der Waals surface area (Å²) in [5, 5.41) is 3.47. The number of rotatable bonds is 6. The van der Waals surface area contributed by atoms with Crippen LogP contribution in [-0.2, 0) is 10.8 Å². The van der Waals surface area contributed by atoms with Crippen molar-refractivity contribution in [3.05, 3.63) is 30.1 Å². The van der Waals surface area contributed by atoms with Gasteiger partial charge in [-0.2, -0.15) is 0 Å². The summed E-state index contributed by atoms with van der Waals surface area (Å²) in [4.78, 5) is 0.724. The molecule has 1 saturated carbocycles. The van der Waals surface area contributed by atoms with Crippen molar-refractivity contribution in [2.24, 2.45) is 5.92 Å². The van der Waals surface area contributed by atoms with Gasteiger partial charge in [0, 0.05) is 16.7 Å². The highest BCUT2D eigenvalue weighted by molar-refractivity contribution is 7.85. The molecule has 106 valence electrons. The molecular formula is C15H22FNOS. The molecular weight excluding hydrogens is 261 g/mol. The molecule has 19 heavy (non-hydrogen) atoms. The van der Waals surface area contributed by atoms with Crippen molar-refractivity contribution in [1.82, 2.24) is 5.32 Å². The highest BCUT2D eigenvalue weighted by Crippen LogP contribution is 2.28. The lowest BCUT2D eigenvalue weighted by Gasteiger charge is -2.23. The van der Waals surface area contributed by atoms with Crippen LogP contribution in [0.15, 0.2) is 29.2 Å². The maximum Gasteiger partial charge on any atom is 0.123 e. The summed E-state index contributed by atoms with van der Waals surface area (Å²) in [7, 11) is -1.05. The highest BCUT2D eigenvalue weighted by atomic mass is 32.2. The average Bonchev–Trinajstić information content (AvgIpc) is 2.92. The average molecular weight is 283 g/mol. The summed E-state index contributed by atoms with van der Waals surface area (Å²) in [6, 6.07) is 6.33. The first-order chi connectivity index (χ1) is 9.20. The number of benzene rings is 1. The van der Waals surface area contributed by atoms with E-state index in [1.165, 1.54) is 37.8 Å². The van der Waals surface area contributed by atoms with Gasteiger partial charge in [-0.05, 0) is 49.6 Å². The van der Waals surface area contributed by atoms with Crippen LogP contribution in [0.5, 0.6) is 0 Å². The van der Waals surface area contributed by atoms with E-state index < -0.39 is 10.8 Å². The van der Waals surface area contributed by atoms with Gasteiger partial charge in [-0.1, -0.05) is 19.8 Å². The molecule has 1 aromatic rings. The predicted octanol–water partition coefficient (Wildman–Crippen LogP) is 3.10. The van der Waals surface area contributed by atoms with Crippen molar-refractivity contribution in [3.63, 3.8) is 0 Å². The molecule has 0 radical (unpaired) electrons. The minimum Gasteiger partial charge on any atom is -0.313 e. The first-order valence-corrected chi connectivity index (χ1v) is 8.40. The summed E-state index contributed by atoms with van der Waals surface area (Å²) < 4.78 is 25.2. The number of hydrogen-bond acceptors (Lipinski definition) is 2. The first-order valence-electron chi connectivity index (χ1n) is 7.08. The molecule has 1 aliphatic carbocycles. The van der Waals surface area contributed by atoms with Gasteiger partial charge in [-0.15, -0.1) is 0 Å². The molecule has 4 heteroatoms. The molecule has 0 aliphatic heterocycles. The largest absolute Gasteiger partial charge is 0.313 e. The Labute approximate surface area is 117 Å². The van der Waals surface area contributed by atoms with E-state index in [0.717, 1.165) is 11.4 Å². The maximum atomic E-state index is 12.9. The molecule has 0 saturated heterocycles. The van der Waals surface area contributed by atoms with Gasteiger partial charge in [0.05, 0.1) is 10.8 Å². The third-order valence-electron chi connectivity index (χ3n) is 3.84. The predicted molar refractivity (Wildman–Crippen MR) is 77.1 cm³/mol. The van der Waals surface area contributed by atoms with Crippen LogP contribution in [-0.4, -0.2) is 22.5 Å². The van der Waals surface area contributed by atoms with Crippen molar-refractivity contribution in [3.8, 4) is 0 Å². The van der Waals surface area contributed by atoms with Gasteiger partial charge in [0.1, 0.15) is 5.82 Å². The fourth-order valence-electron chi connectivity index (χ4n) is 2.83. The molecule has 1 aliphatic rings. The van der Waals surface area contributed by atoms with Gasteiger partial charge in [-0.25, -0.2) is 4.39 Å². The van der Waals surface area contributed by atoms with Crippen molar-refractivity contribution in [1.29, 1.82) is 0 Å². The molecule has 1 aromatic carbocycles. The summed E-state index contributed by atoms with van der Waals surface area (Å²) in [5.41, 5.74) is 0. The summed E-state index contributed by atoms with van der Waals surface area (Å²) in [6.07, 6.45) is 5.04. The first kappa shape index (κ1) is 14.7. The molecule has 2 atom stereocenters. The fourth-order valence-corrected chi connectivity index (χ4v) is 4.18. The van der Waals surface area contributed by atoms with Crippen LogP contribution in [0.2, 0.25) is 0 Å². The van der Waals surface area contributed by atoms with Crippen molar-refractivity contribution in [2.45, 2.75) is 43.5 Å². The van der Waals surface area contributed by atoms with Crippen LogP contribution in [0.3, 0.4) is 0 Å². The molecule has 2 nitrogen and oxygen atoms in total. The maximum absolute atomic E-state index is 12.9. The van der Waals surface area contributed by atoms with Crippen LogP contribution in [0.25, 0.3) is 0 Å². The smallest absolute Gasteiger partial charge is 0.123 e. The lowest BCUT2D eigenvalue weighted by molar-refractivity contribution is 0.392. The normalized spacial score (nSPS) is 19.5. The second-order valence-electron chi connectivity index (χ2n) is 5.17. The Balaban J connectivity index is 1.99. The molecule has 0 aromatic heterocycles. The molecule has 0 spiro atoms. The number of hydrogen-bond donors (Lipinski definition) is 1. The zero-order valence-corrected chi connectivity index (χ0v) is 12.2. The Hall–Kier alpha value is -0.740. The monoisotopic (exact) mass is 283 g/mol. The van der Waals surface area contributed by atoms with Crippen molar-refractivity contribution < 1.29 is 8.60 Å². The zero-order chi connectivity index (χ0) is 13.7. The molecule has 2 unspecified atom stereocenters. The summed E-state index contributed by atoms with van der Waals surface area (Å²) in [5.74, 6) is 0.994. The molecule has 1 N–H and O–H groups in total. The highest BCUT2D eigenvalue weighted by Gasteiger charge is 2.26. The van der Waals surface area contributed by atoms with Gasteiger partial charge < -0.3 is 5.32 Å². The lowest BCUT2D eigenvalue weighted by atomic mass is 10.00. The van der Waals surface area contributed by atoms with Crippen molar-refractivity contribution >= 4 is 10.8 Å². The molecule has 1 fully saturated rings. The van der Waals surface area contributed by atoms with Crippen LogP contribution in [0, 0.1) is 11.7 Å². The lowest BCUT2D eigenvalue weighted by Crippen LogP contribution is -2.39. The summed E-state index contributed by atoms with van der Waals surface area (Å²) >= 11 is 0. The zero-order valence-electron chi connectivity index (χ0n) is 11.4. The van der Waals surface area contributed by atoms with E-state index in [1.807, 2.05) is 0 Å². The van der Waals surface area contributed by atoms with Gasteiger partial charge in [0.25, 0.3) is 0 Å². The Bertz CT molecular complexity index is 415. The van der Waals surface area contributed by atoms with Gasteiger partial charge in [0.2, 0.25) is 0 Å². The van der Waals surface area contributed by atoms with Gasteiger partial charge >= 0.3 is 0 Å². The topological polar surface area (TPSA) is 29.1 Å². The Morgan fingerprint density at radius 3 is 2.53 bits per heavy atom. The van der Waals surface area contributed by atoms with E-state index in [9.17, 15) is 8.60 Å². The number of halogens is 1. The van der Waals surface area contributed by atoms with Gasteiger partial charge in [0.15, 0.2) is 0 Å². The van der Waals surface area contributed by atoms with E-state index >= 15 is 0 Å². The van der Waals surface area contributed by atoms with Crippen LogP contribution in [0.4, 0.5) is 4.39 Å². The van der Waals surface area contributed by atoms with Crippen LogP contribution >= 0.6 is 0 Å². The standard InChI is InChI=1S/C15H22FNOS/c1-2-17-15(12-5-3-4-6-12)11-19(18)14-9-7-13(16)8-10-14/h7-10,12,15,17H,2-6,11H2,1H3. The Morgan fingerprint density at radius 2 is 1.95 bits per heavy atom. The minimum atomic E-state index is -1.05. The van der Waals surface area contributed by atoms with E-state index in [2.05, 4.69) is 12.2 Å². The van der Waals surface area contributed by atoms with E-state index in [-0.39, 0.29) is 5.82 Å². The molecule has 0 bridgehead atoms. The number of nitrogens with one attached hydrogen (secondary N) is 1. The molecule has 0 amide bonds. The summed E-state index contributed by atoms with van der Waals surface area (Å²) in [6.45, 7) is 2.99. The van der Waals surface area contributed by atoms with Crippen LogP contribution < -0.4 is 5.32 Å². The van der Waals surface area contributed by atoms with Crippen LogP contribution in [0.1, 0.15) is 32.6 Å². The van der Waals surface area contributed by atoms with Gasteiger partial charge in [-0.3, -0.25) is 4.21 Å². The second kappa shape index (κ2) is 7.15. The van der Waals surface area contributed by atoms with E-state index in [0.29, 0.717) is 17.7 Å². The van der Waals surface area contributed by atoms with Crippen molar-refractivity contribution in [2.75, 3.05) is 12.3 Å². The fraction of sp³-hybridized carbons (Fsp3) is 0.600. The Morgan fingerprint density at radius 1 is 1.32 bits per heavy atom. The molecule has 2 rings (SSSR count). The second-order valence-corrected chi connectivity index (χ2v) is 6.67. The minimum absolute atomic E-state index is 0.278. The molecule has 0 heterocycles. The quantitative estimate of drug-likeness (QED) is 0.869. The van der Waals surface area contributed by atoms with E-state index in [4.69, 9.17) is 0 Å².